The number of piperazine rings is 1. The van der Waals surface area contributed by atoms with Crippen LogP contribution < -0.4 is 0 Å². The van der Waals surface area contributed by atoms with Gasteiger partial charge in [-0.25, -0.2) is 0 Å². The molecule has 1 unspecified atom stereocenters. The maximum Gasteiger partial charge on any atom is 0.243 e. The van der Waals surface area contributed by atoms with Gasteiger partial charge in [-0.1, -0.05) is 5.16 Å². The van der Waals surface area contributed by atoms with Crippen LogP contribution in [0.2, 0.25) is 0 Å². The lowest BCUT2D eigenvalue weighted by molar-refractivity contribution is 0.0358. The Morgan fingerprint density at radius 1 is 1.18 bits per heavy atom. The standard InChI is InChI=1S/C15H28N4O3/c1-12(2)21-10-9-18-5-7-19(8-6-18)13(3)15-16-14(11-20-4)17-22-15/h12-13H,5-11H2,1-4H3. The van der Waals surface area contributed by atoms with Gasteiger partial charge in [0.05, 0.1) is 18.8 Å². The third-order valence-corrected chi connectivity index (χ3v) is 3.93. The number of rotatable bonds is 8. The van der Waals surface area contributed by atoms with Crippen molar-refractivity contribution < 1.29 is 14.0 Å². The summed E-state index contributed by atoms with van der Waals surface area (Å²) in [5, 5.41) is 3.93. The number of hydrogen-bond acceptors (Lipinski definition) is 7. The topological polar surface area (TPSA) is 63.9 Å². The second-order valence-corrected chi connectivity index (χ2v) is 5.95. The molecule has 0 aromatic carbocycles. The van der Waals surface area contributed by atoms with E-state index >= 15 is 0 Å². The van der Waals surface area contributed by atoms with Gasteiger partial charge in [0.1, 0.15) is 6.61 Å². The Bertz CT molecular complexity index is 430. The zero-order chi connectivity index (χ0) is 15.9. The van der Waals surface area contributed by atoms with E-state index in [0.717, 1.165) is 39.3 Å². The van der Waals surface area contributed by atoms with Crippen LogP contribution in [-0.2, 0) is 16.1 Å². The van der Waals surface area contributed by atoms with Crippen LogP contribution in [0, 0.1) is 0 Å². The van der Waals surface area contributed by atoms with Crippen molar-refractivity contribution in [3.8, 4) is 0 Å². The number of nitrogens with zero attached hydrogens (tertiary/aromatic N) is 4. The summed E-state index contributed by atoms with van der Waals surface area (Å²) >= 11 is 0. The molecule has 126 valence electrons. The smallest absolute Gasteiger partial charge is 0.243 e. The van der Waals surface area contributed by atoms with Gasteiger partial charge >= 0.3 is 0 Å². The zero-order valence-corrected chi connectivity index (χ0v) is 14.1. The van der Waals surface area contributed by atoms with Crippen molar-refractivity contribution in [2.24, 2.45) is 0 Å². The van der Waals surface area contributed by atoms with Crippen LogP contribution in [0.3, 0.4) is 0 Å². The summed E-state index contributed by atoms with van der Waals surface area (Å²) < 4.78 is 16.0. The fourth-order valence-electron chi connectivity index (χ4n) is 2.57. The minimum absolute atomic E-state index is 0.146. The van der Waals surface area contributed by atoms with Crippen molar-refractivity contribution in [2.75, 3.05) is 46.4 Å². The van der Waals surface area contributed by atoms with Crippen molar-refractivity contribution in [1.82, 2.24) is 19.9 Å². The van der Waals surface area contributed by atoms with E-state index in [9.17, 15) is 0 Å². The third kappa shape index (κ3) is 5.01. The molecular formula is C15H28N4O3. The predicted octanol–water partition coefficient (Wildman–Crippen LogP) is 1.32. The minimum Gasteiger partial charge on any atom is -0.377 e. The van der Waals surface area contributed by atoms with E-state index in [1.54, 1.807) is 7.11 Å². The van der Waals surface area contributed by atoms with Crippen LogP contribution in [0.4, 0.5) is 0 Å². The summed E-state index contributed by atoms with van der Waals surface area (Å²) in [5.41, 5.74) is 0. The Labute approximate surface area is 132 Å². The number of ether oxygens (including phenoxy) is 2. The van der Waals surface area contributed by atoms with Gasteiger partial charge in [0.25, 0.3) is 0 Å². The van der Waals surface area contributed by atoms with Crippen LogP contribution in [-0.4, -0.2) is 72.5 Å². The van der Waals surface area contributed by atoms with Gasteiger partial charge in [0.2, 0.25) is 5.89 Å². The monoisotopic (exact) mass is 312 g/mol. The van der Waals surface area contributed by atoms with Crippen LogP contribution in [0.5, 0.6) is 0 Å². The predicted molar refractivity (Wildman–Crippen MR) is 82.5 cm³/mol. The van der Waals surface area contributed by atoms with Crippen molar-refractivity contribution in [1.29, 1.82) is 0 Å². The van der Waals surface area contributed by atoms with E-state index in [1.807, 2.05) is 0 Å². The van der Waals surface area contributed by atoms with Crippen LogP contribution >= 0.6 is 0 Å². The molecule has 1 fully saturated rings. The van der Waals surface area contributed by atoms with Crippen LogP contribution in [0.15, 0.2) is 4.52 Å². The lowest BCUT2D eigenvalue weighted by Gasteiger charge is -2.36. The fourth-order valence-corrected chi connectivity index (χ4v) is 2.57. The first kappa shape index (κ1) is 17.3. The Morgan fingerprint density at radius 3 is 2.55 bits per heavy atom. The van der Waals surface area contributed by atoms with Gasteiger partial charge in [-0.3, -0.25) is 9.80 Å². The molecule has 7 heteroatoms. The molecule has 0 radical (unpaired) electrons. The molecule has 2 heterocycles. The highest BCUT2D eigenvalue weighted by Crippen LogP contribution is 2.20. The minimum atomic E-state index is 0.146. The van der Waals surface area contributed by atoms with E-state index in [1.165, 1.54) is 0 Å². The summed E-state index contributed by atoms with van der Waals surface area (Å²) in [6, 6.07) is 0.146. The lowest BCUT2D eigenvalue weighted by atomic mass is 10.2. The summed E-state index contributed by atoms with van der Waals surface area (Å²) in [6.07, 6.45) is 0.306. The zero-order valence-electron chi connectivity index (χ0n) is 14.1. The Morgan fingerprint density at radius 2 is 1.91 bits per heavy atom. The Balaban J connectivity index is 1.75. The van der Waals surface area contributed by atoms with E-state index in [-0.39, 0.29) is 6.04 Å². The summed E-state index contributed by atoms with van der Waals surface area (Å²) in [4.78, 5) is 9.20. The third-order valence-electron chi connectivity index (χ3n) is 3.93. The summed E-state index contributed by atoms with van der Waals surface area (Å²) in [5.74, 6) is 1.28. The molecule has 2 rings (SSSR count). The molecule has 0 aliphatic carbocycles. The molecule has 1 aliphatic rings. The van der Waals surface area contributed by atoms with Crippen molar-refractivity contribution in [3.63, 3.8) is 0 Å². The molecule has 0 spiro atoms. The van der Waals surface area contributed by atoms with E-state index in [4.69, 9.17) is 14.0 Å². The number of hydrogen-bond donors (Lipinski definition) is 0. The molecule has 1 atom stereocenters. The highest BCUT2D eigenvalue weighted by Gasteiger charge is 2.25. The van der Waals surface area contributed by atoms with Gasteiger partial charge in [-0.05, 0) is 20.8 Å². The molecule has 1 aliphatic heterocycles. The Kier molecular flexibility index (Phi) is 6.75. The molecule has 7 nitrogen and oxygen atoms in total. The van der Waals surface area contributed by atoms with Gasteiger partial charge in [0.15, 0.2) is 5.82 Å². The number of aromatic nitrogens is 2. The van der Waals surface area contributed by atoms with Crippen molar-refractivity contribution in [3.05, 3.63) is 11.7 Å². The van der Waals surface area contributed by atoms with E-state index < -0.39 is 0 Å². The molecular weight excluding hydrogens is 284 g/mol. The van der Waals surface area contributed by atoms with Crippen molar-refractivity contribution in [2.45, 2.75) is 39.5 Å². The highest BCUT2D eigenvalue weighted by atomic mass is 16.5. The maximum atomic E-state index is 5.61. The fraction of sp³-hybridized carbons (Fsp3) is 0.867. The first-order chi connectivity index (χ1) is 10.6. The van der Waals surface area contributed by atoms with E-state index in [0.29, 0.717) is 24.4 Å². The second-order valence-electron chi connectivity index (χ2n) is 5.95. The second kappa shape index (κ2) is 8.57. The quantitative estimate of drug-likeness (QED) is 0.717. The molecule has 0 N–H and O–H groups in total. The number of methoxy groups -OCH3 is 1. The molecule has 22 heavy (non-hydrogen) atoms. The molecule has 0 amide bonds. The summed E-state index contributed by atoms with van der Waals surface area (Å²) in [7, 11) is 1.63. The van der Waals surface area contributed by atoms with Gasteiger partial charge in [0, 0.05) is 39.8 Å². The van der Waals surface area contributed by atoms with E-state index in [2.05, 4.69) is 40.7 Å². The molecule has 1 aromatic heterocycles. The lowest BCUT2D eigenvalue weighted by Crippen LogP contribution is -2.48. The SMILES string of the molecule is COCc1noc(C(C)N2CCN(CCOC(C)C)CC2)n1. The normalized spacial score (nSPS) is 19.0. The average Bonchev–Trinajstić information content (AvgIpc) is 2.96. The van der Waals surface area contributed by atoms with Gasteiger partial charge in [-0.2, -0.15) is 4.98 Å². The largest absolute Gasteiger partial charge is 0.377 e. The Hall–Kier alpha value is -1.02. The maximum absolute atomic E-state index is 5.61. The molecule has 1 saturated heterocycles. The van der Waals surface area contributed by atoms with Crippen LogP contribution in [0.1, 0.15) is 38.5 Å². The first-order valence-electron chi connectivity index (χ1n) is 7.99. The first-order valence-corrected chi connectivity index (χ1v) is 7.99. The molecule has 0 bridgehead atoms. The van der Waals surface area contributed by atoms with Gasteiger partial charge in [-0.15, -0.1) is 0 Å². The summed E-state index contributed by atoms with van der Waals surface area (Å²) in [6.45, 7) is 12.5. The average molecular weight is 312 g/mol. The molecule has 0 saturated carbocycles. The highest BCUT2D eigenvalue weighted by molar-refractivity contribution is 4.92. The van der Waals surface area contributed by atoms with Crippen molar-refractivity contribution >= 4 is 0 Å². The van der Waals surface area contributed by atoms with Crippen LogP contribution in [0.25, 0.3) is 0 Å². The molecule has 1 aromatic rings. The van der Waals surface area contributed by atoms with Gasteiger partial charge < -0.3 is 14.0 Å².